The van der Waals surface area contributed by atoms with Gasteiger partial charge in [0.1, 0.15) is 0 Å². The maximum absolute atomic E-state index is 12.4. The van der Waals surface area contributed by atoms with E-state index < -0.39 is 21.7 Å². The standard InChI is InChI=1S/C20H25BrN2O7S2/c1-3-29-15-8-12(21)13(9-16(15)30-4-2)23-14-10-32(27,28)11-17(14)31-20(23)22-18(24)6-5-7-19(25)26/h8-9,14,17H,3-7,10-11H2,1-2H3,(H,25,26)/t14-,17-/m1/s1. The molecule has 2 aliphatic rings. The molecule has 0 unspecified atom stereocenters. The van der Waals surface area contributed by atoms with Gasteiger partial charge in [-0.25, -0.2) is 8.42 Å². The van der Waals surface area contributed by atoms with E-state index in [1.54, 1.807) is 17.0 Å². The van der Waals surface area contributed by atoms with Gasteiger partial charge in [0.2, 0.25) is 5.91 Å². The highest BCUT2D eigenvalue weighted by Crippen LogP contribution is 2.46. The van der Waals surface area contributed by atoms with Crippen LogP contribution in [0.1, 0.15) is 33.1 Å². The second-order valence-electron chi connectivity index (χ2n) is 7.32. The summed E-state index contributed by atoms with van der Waals surface area (Å²) in [5.41, 5.74) is 0.631. The van der Waals surface area contributed by atoms with Crippen LogP contribution in [0.2, 0.25) is 0 Å². The zero-order valence-electron chi connectivity index (χ0n) is 17.7. The molecule has 2 fully saturated rings. The molecule has 2 atom stereocenters. The number of thioether (sulfide) groups is 1. The molecule has 176 valence electrons. The summed E-state index contributed by atoms with van der Waals surface area (Å²) in [5.74, 6) is -0.374. The second-order valence-corrected chi connectivity index (χ2v) is 11.5. The third-order valence-electron chi connectivity index (χ3n) is 4.94. The van der Waals surface area contributed by atoms with Gasteiger partial charge in [-0.15, -0.1) is 0 Å². The van der Waals surface area contributed by atoms with Crippen molar-refractivity contribution in [3.8, 4) is 11.5 Å². The van der Waals surface area contributed by atoms with Gasteiger partial charge in [-0.2, -0.15) is 4.99 Å². The van der Waals surface area contributed by atoms with Crippen LogP contribution >= 0.6 is 27.7 Å². The first-order valence-electron chi connectivity index (χ1n) is 10.2. The van der Waals surface area contributed by atoms with Crippen LogP contribution < -0.4 is 14.4 Å². The number of carbonyl (C=O) groups is 2. The number of carboxylic acids is 1. The second kappa shape index (κ2) is 10.4. The normalized spacial score (nSPS) is 22.7. The zero-order valence-corrected chi connectivity index (χ0v) is 21.0. The highest BCUT2D eigenvalue weighted by atomic mass is 79.9. The Balaban J connectivity index is 1.98. The minimum atomic E-state index is -3.21. The number of hydrogen-bond donors (Lipinski definition) is 1. The first kappa shape index (κ1) is 24.8. The number of carboxylic acid groups (broad SMARTS) is 1. The summed E-state index contributed by atoms with van der Waals surface area (Å²) in [7, 11) is -3.21. The van der Waals surface area contributed by atoms with Gasteiger partial charge < -0.3 is 19.5 Å². The summed E-state index contributed by atoms with van der Waals surface area (Å²) >= 11 is 4.81. The summed E-state index contributed by atoms with van der Waals surface area (Å²) in [4.78, 5) is 29.1. The Kier molecular flexibility index (Phi) is 8.10. The summed E-state index contributed by atoms with van der Waals surface area (Å²) in [5, 5.41) is 8.93. The fourth-order valence-electron chi connectivity index (χ4n) is 3.65. The number of amides is 1. The summed E-state index contributed by atoms with van der Waals surface area (Å²) in [6, 6.07) is 3.15. The van der Waals surface area contributed by atoms with Gasteiger partial charge in [-0.1, -0.05) is 11.8 Å². The van der Waals surface area contributed by atoms with Crippen LogP contribution in [-0.2, 0) is 19.4 Å². The molecule has 1 N–H and O–H groups in total. The number of aliphatic imine (C=N–C) groups is 1. The quantitative estimate of drug-likeness (QED) is 0.495. The van der Waals surface area contributed by atoms with Crippen LogP contribution in [0.5, 0.6) is 11.5 Å². The van der Waals surface area contributed by atoms with Gasteiger partial charge in [-0.3, -0.25) is 9.59 Å². The largest absolute Gasteiger partial charge is 0.490 e. The highest BCUT2D eigenvalue weighted by molar-refractivity contribution is 9.10. The van der Waals surface area contributed by atoms with Gasteiger partial charge in [0.05, 0.1) is 36.4 Å². The molecule has 1 amide bonds. The van der Waals surface area contributed by atoms with Gasteiger partial charge in [-0.05, 0) is 36.2 Å². The van der Waals surface area contributed by atoms with Crippen molar-refractivity contribution in [1.82, 2.24) is 0 Å². The number of fused-ring (bicyclic) bond motifs is 1. The van der Waals surface area contributed by atoms with Crippen molar-refractivity contribution in [2.45, 2.75) is 44.4 Å². The average molecular weight is 549 g/mol. The van der Waals surface area contributed by atoms with Crippen molar-refractivity contribution in [1.29, 1.82) is 0 Å². The van der Waals surface area contributed by atoms with Crippen molar-refractivity contribution in [3.63, 3.8) is 0 Å². The number of rotatable bonds is 9. The van der Waals surface area contributed by atoms with E-state index >= 15 is 0 Å². The predicted molar refractivity (Wildman–Crippen MR) is 127 cm³/mol. The molecule has 1 aromatic carbocycles. The molecule has 9 nitrogen and oxygen atoms in total. The van der Waals surface area contributed by atoms with Crippen LogP contribution in [0.25, 0.3) is 0 Å². The smallest absolute Gasteiger partial charge is 0.303 e. The first-order chi connectivity index (χ1) is 15.1. The lowest BCUT2D eigenvalue weighted by Gasteiger charge is -2.27. The maximum Gasteiger partial charge on any atom is 0.303 e. The lowest BCUT2D eigenvalue weighted by Crippen LogP contribution is -2.38. The number of amidine groups is 1. The number of sulfone groups is 1. The zero-order chi connectivity index (χ0) is 23.5. The number of nitrogens with zero attached hydrogens (tertiary/aromatic N) is 2. The Labute approximate surface area is 199 Å². The maximum atomic E-state index is 12.4. The monoisotopic (exact) mass is 548 g/mol. The fourth-order valence-corrected chi connectivity index (χ4v) is 8.08. The molecule has 1 aromatic rings. The third kappa shape index (κ3) is 5.76. The van der Waals surface area contributed by atoms with Crippen LogP contribution in [0.3, 0.4) is 0 Å². The number of hydrogen-bond acceptors (Lipinski definition) is 7. The molecule has 0 saturated carbocycles. The molecule has 0 aliphatic carbocycles. The molecule has 32 heavy (non-hydrogen) atoms. The molecular formula is C20H25BrN2O7S2. The number of ether oxygens (including phenoxy) is 2. The van der Waals surface area contributed by atoms with Gasteiger partial charge in [0.15, 0.2) is 26.5 Å². The third-order valence-corrected chi connectivity index (χ3v) is 8.79. The van der Waals surface area contributed by atoms with Crippen LogP contribution in [-0.4, -0.2) is 66.6 Å². The van der Waals surface area contributed by atoms with Crippen molar-refractivity contribution < 1.29 is 32.6 Å². The fraction of sp³-hybridized carbons (Fsp3) is 0.550. The molecule has 0 radical (unpaired) electrons. The summed E-state index contributed by atoms with van der Waals surface area (Å²) < 4.78 is 36.6. The van der Waals surface area contributed by atoms with Crippen LogP contribution in [0, 0.1) is 0 Å². The van der Waals surface area contributed by atoms with Gasteiger partial charge in [0.25, 0.3) is 0 Å². The number of carbonyl (C=O) groups excluding carboxylic acids is 1. The molecular weight excluding hydrogens is 524 g/mol. The lowest BCUT2D eigenvalue weighted by atomic mass is 10.2. The lowest BCUT2D eigenvalue weighted by molar-refractivity contribution is -0.137. The Hall–Kier alpha value is -1.79. The van der Waals surface area contributed by atoms with E-state index in [1.165, 1.54) is 11.8 Å². The van der Waals surface area contributed by atoms with E-state index in [9.17, 15) is 18.0 Å². The van der Waals surface area contributed by atoms with Crippen molar-refractivity contribution in [2.75, 3.05) is 29.6 Å². The van der Waals surface area contributed by atoms with Crippen molar-refractivity contribution in [2.24, 2.45) is 4.99 Å². The molecule has 0 aromatic heterocycles. The van der Waals surface area contributed by atoms with E-state index in [-0.39, 0.29) is 42.1 Å². The van der Waals surface area contributed by atoms with E-state index in [0.29, 0.717) is 40.0 Å². The number of aliphatic carboxylic acids is 1. The molecule has 3 rings (SSSR count). The van der Waals surface area contributed by atoms with Crippen LogP contribution in [0.4, 0.5) is 5.69 Å². The van der Waals surface area contributed by atoms with E-state index in [1.807, 2.05) is 13.8 Å². The van der Waals surface area contributed by atoms with Gasteiger partial charge >= 0.3 is 5.97 Å². The van der Waals surface area contributed by atoms with E-state index in [2.05, 4.69) is 20.9 Å². The molecule has 2 heterocycles. The predicted octanol–water partition coefficient (Wildman–Crippen LogP) is 3.10. The SMILES string of the molecule is CCOc1cc(Br)c(N2C(=NC(=O)CCCC(=O)O)S[C@@H]3CS(=O)(=O)C[C@H]32)cc1OCC. The Morgan fingerprint density at radius 1 is 1.19 bits per heavy atom. The first-order valence-corrected chi connectivity index (χ1v) is 13.7. The minimum absolute atomic E-state index is 0.00642. The minimum Gasteiger partial charge on any atom is -0.490 e. The number of halogens is 1. The van der Waals surface area contributed by atoms with Crippen molar-refractivity contribution >= 4 is 60.3 Å². The Bertz CT molecular complexity index is 1030. The molecule has 0 spiro atoms. The average Bonchev–Trinajstić information content (AvgIpc) is 3.15. The van der Waals surface area contributed by atoms with Gasteiger partial charge in [0, 0.05) is 34.7 Å². The summed E-state index contributed by atoms with van der Waals surface area (Å²) in [6.45, 7) is 4.58. The topological polar surface area (TPSA) is 123 Å². The van der Waals surface area contributed by atoms with E-state index in [0.717, 1.165) is 0 Å². The van der Waals surface area contributed by atoms with E-state index in [4.69, 9.17) is 14.6 Å². The summed E-state index contributed by atoms with van der Waals surface area (Å²) in [6.07, 6.45) is 0.0870. The Morgan fingerprint density at radius 3 is 2.47 bits per heavy atom. The molecule has 2 aliphatic heterocycles. The Morgan fingerprint density at radius 2 is 1.84 bits per heavy atom. The van der Waals surface area contributed by atoms with Crippen molar-refractivity contribution in [3.05, 3.63) is 16.6 Å². The number of benzene rings is 1. The molecule has 12 heteroatoms. The molecule has 2 saturated heterocycles. The van der Waals surface area contributed by atoms with Crippen LogP contribution in [0.15, 0.2) is 21.6 Å². The number of anilines is 1. The highest BCUT2D eigenvalue weighted by Gasteiger charge is 2.50. The molecule has 0 bridgehead atoms.